The maximum atomic E-state index is 12.3. The Hall–Kier alpha value is -2.96. The molecule has 0 fully saturated rings. The molecule has 3 aromatic rings. The van der Waals surface area contributed by atoms with Gasteiger partial charge in [0, 0.05) is 6.92 Å². The molecule has 8 heteroatoms. The molecule has 7 nitrogen and oxygen atoms in total. The van der Waals surface area contributed by atoms with Crippen molar-refractivity contribution in [3.05, 3.63) is 64.7 Å². The molecular weight excluding hydrogens is 447 g/mol. The Morgan fingerprint density at radius 3 is 2.53 bits per heavy atom. The number of amides is 1. The van der Waals surface area contributed by atoms with Crippen LogP contribution in [0.4, 0.5) is 10.4 Å². The van der Waals surface area contributed by atoms with Crippen molar-refractivity contribution in [2.75, 3.05) is 11.9 Å². The molecule has 30 heavy (non-hydrogen) atoms. The van der Waals surface area contributed by atoms with E-state index in [-0.39, 0.29) is 26.2 Å². The number of nitrogens with one attached hydrogen (secondary N) is 2. The van der Waals surface area contributed by atoms with E-state index in [1.165, 1.54) is 6.92 Å². The minimum absolute atomic E-state index is 0.143. The van der Waals surface area contributed by atoms with Crippen LogP contribution >= 0.6 is 0 Å². The summed E-state index contributed by atoms with van der Waals surface area (Å²) >= 11 is 0.143. The number of esters is 1. The number of unbranched alkanes of at least 4 members (excludes halogenated alkanes) is 2. The second kappa shape index (κ2) is 11.3. The first-order valence-electron chi connectivity index (χ1n) is 9.82. The number of aromatic nitrogens is 2. The molecule has 0 aliphatic heterocycles. The van der Waals surface area contributed by atoms with E-state index in [0.717, 1.165) is 40.6 Å². The van der Waals surface area contributed by atoms with Crippen LogP contribution in [-0.4, -0.2) is 43.1 Å². The Bertz CT molecular complexity index is 975. The predicted molar refractivity (Wildman–Crippen MR) is 116 cm³/mol. The Balaban J connectivity index is 1.35. The number of anilines is 2. The molecule has 2 N–H and O–H groups in total. The van der Waals surface area contributed by atoms with Crippen LogP contribution in [0, 0.1) is 0 Å². The number of carbonyl (C=O) groups is 2. The number of nitrogens with zero attached hydrogens (tertiary/aromatic N) is 2. The summed E-state index contributed by atoms with van der Waals surface area (Å²) in [5.74, 6) is -0.401. The average Bonchev–Trinajstić information content (AvgIpc) is 3.18. The molecule has 0 unspecified atom stereocenters. The fraction of sp³-hybridized carbons (Fsp3) is 0.273. The summed E-state index contributed by atoms with van der Waals surface area (Å²) in [6.07, 6.45) is 3.79. The summed E-state index contributed by atoms with van der Waals surface area (Å²) in [6.45, 7) is 1.89. The Morgan fingerprint density at radius 1 is 0.967 bits per heavy atom. The van der Waals surface area contributed by atoms with Gasteiger partial charge in [0.1, 0.15) is 0 Å². The van der Waals surface area contributed by atoms with Crippen molar-refractivity contribution in [2.45, 2.75) is 32.6 Å². The molecule has 0 aliphatic carbocycles. The third-order valence-corrected chi connectivity index (χ3v) is 6.12. The summed E-state index contributed by atoms with van der Waals surface area (Å²) in [4.78, 5) is 23.5. The molecule has 0 aliphatic rings. The van der Waals surface area contributed by atoms with Crippen LogP contribution in [0.1, 0.15) is 41.1 Å². The van der Waals surface area contributed by atoms with Gasteiger partial charge in [0.15, 0.2) is 0 Å². The first-order chi connectivity index (χ1) is 14.6. The van der Waals surface area contributed by atoms with E-state index < -0.39 is 5.97 Å². The van der Waals surface area contributed by atoms with Gasteiger partial charge in [0.05, 0.1) is 0 Å². The van der Waals surface area contributed by atoms with Crippen molar-refractivity contribution in [2.24, 2.45) is 0 Å². The van der Waals surface area contributed by atoms with Crippen LogP contribution in [-0.2, 0) is 11.2 Å². The third kappa shape index (κ3) is 6.83. The molecule has 2 aromatic carbocycles. The van der Waals surface area contributed by atoms with Gasteiger partial charge in [-0.1, -0.05) is 0 Å². The second-order valence-corrected chi connectivity index (χ2v) is 8.88. The first-order valence-corrected chi connectivity index (χ1v) is 11.5. The van der Waals surface area contributed by atoms with E-state index in [4.69, 9.17) is 4.74 Å². The molecule has 1 amide bonds. The van der Waals surface area contributed by atoms with Gasteiger partial charge < -0.3 is 0 Å². The van der Waals surface area contributed by atoms with Gasteiger partial charge in [-0.3, -0.25) is 4.79 Å². The molecule has 0 radical (unpaired) electrons. The summed E-state index contributed by atoms with van der Waals surface area (Å²) in [5, 5.41) is 14.7. The van der Waals surface area contributed by atoms with E-state index in [1.807, 2.05) is 30.3 Å². The molecule has 0 spiro atoms. The molecule has 3 rings (SSSR count). The molecule has 1 heterocycles. The standard InChI is InChI=1S/C22H24N4O3Se/c1-16(27)29-19-13-8-7-12-18(19)21(28)23-15-9-3-6-14-20-25-26-22(30-20)24-17-10-4-2-5-11-17/h2,4-5,7-8,10-13H,3,6,9,14-15H2,1H3,(H,23,28)(H,24,26). The van der Waals surface area contributed by atoms with Gasteiger partial charge in [-0.25, -0.2) is 0 Å². The van der Waals surface area contributed by atoms with Crippen LogP contribution in [0.5, 0.6) is 5.75 Å². The van der Waals surface area contributed by atoms with E-state index in [1.54, 1.807) is 24.3 Å². The van der Waals surface area contributed by atoms with Crippen molar-refractivity contribution in [3.8, 4) is 5.75 Å². The first kappa shape index (κ1) is 21.7. The average molecular weight is 471 g/mol. The molecule has 0 bridgehead atoms. The van der Waals surface area contributed by atoms with Gasteiger partial charge in [0.2, 0.25) is 0 Å². The number of carbonyl (C=O) groups excluding carboxylic acids is 2. The summed E-state index contributed by atoms with van der Waals surface area (Å²) in [5.41, 5.74) is 1.40. The Morgan fingerprint density at radius 2 is 1.73 bits per heavy atom. The number of para-hydroxylation sites is 2. The Kier molecular flexibility index (Phi) is 8.18. The van der Waals surface area contributed by atoms with Crippen LogP contribution in [0.3, 0.4) is 0 Å². The zero-order valence-corrected chi connectivity index (χ0v) is 18.5. The number of rotatable bonds is 10. The van der Waals surface area contributed by atoms with E-state index in [2.05, 4.69) is 20.8 Å². The normalized spacial score (nSPS) is 10.4. The quantitative estimate of drug-likeness (QED) is 0.204. The van der Waals surface area contributed by atoms with Crippen molar-refractivity contribution < 1.29 is 14.3 Å². The van der Waals surface area contributed by atoms with E-state index in [0.29, 0.717) is 12.1 Å². The molecular formula is C22H24N4O3Se. The van der Waals surface area contributed by atoms with E-state index in [9.17, 15) is 9.59 Å². The molecule has 156 valence electrons. The maximum absolute atomic E-state index is 12.3. The fourth-order valence-corrected chi connectivity index (χ4v) is 4.51. The van der Waals surface area contributed by atoms with E-state index >= 15 is 0 Å². The zero-order chi connectivity index (χ0) is 21.2. The van der Waals surface area contributed by atoms with Gasteiger partial charge in [-0.15, -0.1) is 0 Å². The van der Waals surface area contributed by atoms with Crippen molar-refractivity contribution in [1.82, 2.24) is 15.5 Å². The predicted octanol–water partition coefficient (Wildman–Crippen LogP) is 3.35. The van der Waals surface area contributed by atoms with Gasteiger partial charge in [-0.05, 0) is 0 Å². The fourth-order valence-electron chi connectivity index (χ4n) is 2.82. The number of benzene rings is 2. The summed E-state index contributed by atoms with van der Waals surface area (Å²) in [7, 11) is 0. The van der Waals surface area contributed by atoms with Crippen LogP contribution in [0.25, 0.3) is 0 Å². The topological polar surface area (TPSA) is 93.2 Å². The number of ether oxygens (including phenoxy) is 1. The molecule has 0 saturated carbocycles. The third-order valence-electron chi connectivity index (χ3n) is 4.23. The SMILES string of the molecule is CC(=O)Oc1ccccc1C(=O)NCCCCCc1nnc(Nc2ccccc2)[se]1. The monoisotopic (exact) mass is 472 g/mol. The summed E-state index contributed by atoms with van der Waals surface area (Å²) < 4.78 is 7.16. The van der Waals surface area contributed by atoms with Gasteiger partial charge in [0.25, 0.3) is 0 Å². The number of aryl methyl sites for hydroxylation is 1. The van der Waals surface area contributed by atoms with Crippen LogP contribution in [0.15, 0.2) is 54.6 Å². The Labute approximate surface area is 181 Å². The zero-order valence-electron chi connectivity index (χ0n) is 16.8. The van der Waals surface area contributed by atoms with Crippen molar-refractivity contribution >= 4 is 36.8 Å². The minimum atomic E-state index is -0.446. The van der Waals surface area contributed by atoms with Crippen LogP contribution in [0.2, 0.25) is 0 Å². The van der Waals surface area contributed by atoms with Gasteiger partial charge in [-0.2, -0.15) is 0 Å². The second-order valence-electron chi connectivity index (χ2n) is 6.65. The van der Waals surface area contributed by atoms with Crippen molar-refractivity contribution in [3.63, 3.8) is 0 Å². The molecule has 1 aromatic heterocycles. The molecule has 0 atom stereocenters. The summed E-state index contributed by atoms with van der Waals surface area (Å²) in [6, 6.07) is 16.7. The number of hydrogen-bond acceptors (Lipinski definition) is 6. The molecule has 0 saturated heterocycles. The van der Waals surface area contributed by atoms with Gasteiger partial charge >= 0.3 is 170 Å². The van der Waals surface area contributed by atoms with Crippen LogP contribution < -0.4 is 15.4 Å². The number of hydrogen-bond donors (Lipinski definition) is 2. The van der Waals surface area contributed by atoms with Crippen molar-refractivity contribution in [1.29, 1.82) is 0 Å².